The molecule has 0 aromatic heterocycles. The van der Waals surface area contributed by atoms with E-state index in [2.05, 4.69) is 10.5 Å². The Balaban J connectivity index is 2.25. The van der Waals surface area contributed by atoms with Gasteiger partial charge in [0.2, 0.25) is 5.90 Å². The predicted octanol–water partition coefficient (Wildman–Crippen LogP) is 2.78. The summed E-state index contributed by atoms with van der Waals surface area (Å²) >= 11 is 0. The summed E-state index contributed by atoms with van der Waals surface area (Å²) in [6.07, 6.45) is -3.82. The van der Waals surface area contributed by atoms with E-state index in [0.29, 0.717) is 12.2 Å². The first-order valence-electron chi connectivity index (χ1n) is 7.21. The largest absolute Gasteiger partial charge is 0.493 e. The van der Waals surface area contributed by atoms with Crippen molar-refractivity contribution < 1.29 is 27.4 Å². The van der Waals surface area contributed by atoms with Gasteiger partial charge in [-0.3, -0.25) is 4.79 Å². The van der Waals surface area contributed by atoms with Gasteiger partial charge in [-0.05, 0) is 24.6 Å². The molecule has 0 atom stereocenters. The Morgan fingerprint density at radius 3 is 2.78 bits per heavy atom. The summed E-state index contributed by atoms with van der Waals surface area (Å²) < 4.78 is 48.8. The van der Waals surface area contributed by atoms with Crippen molar-refractivity contribution in [3.8, 4) is 5.75 Å². The van der Waals surface area contributed by atoms with Gasteiger partial charge >= 0.3 is 6.18 Å². The maximum atomic E-state index is 12.8. The zero-order chi connectivity index (χ0) is 16.9. The van der Waals surface area contributed by atoms with Crippen molar-refractivity contribution in [3.63, 3.8) is 0 Å². The summed E-state index contributed by atoms with van der Waals surface area (Å²) in [6, 6.07) is 4.34. The number of benzene rings is 1. The van der Waals surface area contributed by atoms with Crippen molar-refractivity contribution in [1.29, 1.82) is 0 Å². The van der Waals surface area contributed by atoms with E-state index in [1.54, 1.807) is 6.07 Å². The van der Waals surface area contributed by atoms with E-state index >= 15 is 0 Å². The molecule has 0 unspecified atom stereocenters. The van der Waals surface area contributed by atoms with E-state index in [9.17, 15) is 18.0 Å². The molecule has 0 saturated heterocycles. The number of unbranched alkanes of at least 4 members (excludes halogenated alkanes) is 1. The van der Waals surface area contributed by atoms with E-state index in [1.807, 2.05) is 6.92 Å². The Kier molecular flexibility index (Phi) is 5.46. The SMILES string of the molecule is CCCCOc1ccc(C2=NNC(=O)CO2)cc1CC(F)(F)F. The van der Waals surface area contributed by atoms with Gasteiger partial charge < -0.3 is 9.47 Å². The summed E-state index contributed by atoms with van der Waals surface area (Å²) in [5.74, 6) is -0.142. The third kappa shape index (κ3) is 5.15. The fourth-order valence-corrected chi connectivity index (χ4v) is 1.99. The minimum Gasteiger partial charge on any atom is -0.493 e. The van der Waals surface area contributed by atoms with Crippen LogP contribution in [0.25, 0.3) is 0 Å². The molecule has 8 heteroatoms. The summed E-state index contributed by atoms with van der Waals surface area (Å²) in [5, 5.41) is 3.70. The smallest absolute Gasteiger partial charge is 0.393 e. The van der Waals surface area contributed by atoms with E-state index in [0.717, 1.165) is 12.8 Å². The maximum absolute atomic E-state index is 12.8. The molecule has 0 spiro atoms. The molecule has 1 aromatic carbocycles. The molecule has 0 radical (unpaired) electrons. The summed E-state index contributed by atoms with van der Waals surface area (Å²) in [7, 11) is 0. The molecule has 1 N–H and O–H groups in total. The zero-order valence-corrected chi connectivity index (χ0v) is 12.6. The van der Waals surface area contributed by atoms with Gasteiger partial charge in [-0.1, -0.05) is 13.3 Å². The zero-order valence-electron chi connectivity index (χ0n) is 12.6. The number of nitrogens with zero attached hydrogens (tertiary/aromatic N) is 1. The van der Waals surface area contributed by atoms with Gasteiger partial charge in [-0.25, -0.2) is 5.43 Å². The normalized spacial score (nSPS) is 14.8. The quantitative estimate of drug-likeness (QED) is 0.816. The summed E-state index contributed by atoms with van der Waals surface area (Å²) in [4.78, 5) is 11.0. The molecule has 0 bridgehead atoms. The van der Waals surface area contributed by atoms with Crippen LogP contribution in [0.4, 0.5) is 13.2 Å². The molecule has 0 aliphatic carbocycles. The second-order valence-corrected chi connectivity index (χ2v) is 5.06. The van der Waals surface area contributed by atoms with Crippen LogP contribution in [0, 0.1) is 0 Å². The minimum absolute atomic E-state index is 0.00861. The molecular weight excluding hydrogens is 313 g/mol. The number of ether oxygens (including phenoxy) is 2. The van der Waals surface area contributed by atoms with Gasteiger partial charge in [0.25, 0.3) is 5.91 Å². The van der Waals surface area contributed by atoms with E-state index in [4.69, 9.17) is 9.47 Å². The van der Waals surface area contributed by atoms with E-state index < -0.39 is 18.5 Å². The fraction of sp³-hybridized carbons (Fsp3) is 0.467. The van der Waals surface area contributed by atoms with Crippen molar-refractivity contribution in [2.75, 3.05) is 13.2 Å². The topological polar surface area (TPSA) is 59.9 Å². The molecule has 1 heterocycles. The van der Waals surface area contributed by atoms with E-state index in [-0.39, 0.29) is 23.8 Å². The van der Waals surface area contributed by atoms with Gasteiger partial charge in [0.15, 0.2) is 6.61 Å². The first kappa shape index (κ1) is 17.1. The van der Waals surface area contributed by atoms with Gasteiger partial charge in [0, 0.05) is 11.1 Å². The number of halogens is 3. The first-order valence-corrected chi connectivity index (χ1v) is 7.21. The fourth-order valence-electron chi connectivity index (χ4n) is 1.99. The molecular formula is C15H17F3N2O3. The van der Waals surface area contributed by atoms with Crippen LogP contribution in [0.2, 0.25) is 0 Å². The molecule has 1 aliphatic heterocycles. The lowest BCUT2D eigenvalue weighted by molar-refractivity contribution is -0.127. The first-order chi connectivity index (χ1) is 10.9. The highest BCUT2D eigenvalue weighted by atomic mass is 19.4. The average molecular weight is 330 g/mol. The van der Waals surface area contributed by atoms with Crippen LogP contribution in [0.5, 0.6) is 5.75 Å². The highest BCUT2D eigenvalue weighted by molar-refractivity contribution is 5.98. The molecule has 1 aromatic rings. The van der Waals surface area contributed by atoms with Gasteiger partial charge in [0.05, 0.1) is 13.0 Å². The monoisotopic (exact) mass is 330 g/mol. The van der Waals surface area contributed by atoms with Crippen LogP contribution in [-0.2, 0) is 16.0 Å². The van der Waals surface area contributed by atoms with Crippen molar-refractivity contribution in [3.05, 3.63) is 29.3 Å². The third-order valence-electron chi connectivity index (χ3n) is 3.08. The van der Waals surface area contributed by atoms with Crippen molar-refractivity contribution >= 4 is 11.8 Å². The maximum Gasteiger partial charge on any atom is 0.393 e. The van der Waals surface area contributed by atoms with Crippen molar-refractivity contribution in [2.45, 2.75) is 32.4 Å². The predicted molar refractivity (Wildman–Crippen MR) is 77.2 cm³/mol. The Labute approximate surface area is 131 Å². The number of nitrogens with one attached hydrogen (secondary N) is 1. The molecule has 2 rings (SSSR count). The number of rotatable bonds is 6. The van der Waals surface area contributed by atoms with Crippen LogP contribution in [0.3, 0.4) is 0 Å². The highest BCUT2D eigenvalue weighted by Crippen LogP contribution is 2.29. The summed E-state index contributed by atoms with van der Waals surface area (Å²) in [6.45, 7) is 2.10. The second kappa shape index (κ2) is 7.34. The standard InChI is InChI=1S/C15H17F3N2O3/c1-2-3-6-22-12-5-4-10(7-11(12)8-15(16,17)18)14-20-19-13(21)9-23-14/h4-5,7H,2-3,6,8-9H2,1H3,(H,19,21). The molecule has 23 heavy (non-hydrogen) atoms. The van der Waals surface area contributed by atoms with Gasteiger partial charge in [-0.2, -0.15) is 13.2 Å². The molecule has 1 amide bonds. The van der Waals surface area contributed by atoms with Gasteiger partial charge in [0.1, 0.15) is 5.75 Å². The lowest BCUT2D eigenvalue weighted by Crippen LogP contribution is -2.32. The Bertz CT molecular complexity index is 600. The molecule has 5 nitrogen and oxygen atoms in total. The number of hydrazone groups is 1. The van der Waals surface area contributed by atoms with Crippen LogP contribution >= 0.6 is 0 Å². The number of amides is 1. The van der Waals surface area contributed by atoms with Gasteiger partial charge in [-0.15, -0.1) is 5.10 Å². The average Bonchev–Trinajstić information content (AvgIpc) is 2.48. The Hall–Kier alpha value is -2.25. The summed E-state index contributed by atoms with van der Waals surface area (Å²) in [5.41, 5.74) is 2.59. The lowest BCUT2D eigenvalue weighted by atomic mass is 10.1. The number of hydrogen-bond acceptors (Lipinski definition) is 4. The highest BCUT2D eigenvalue weighted by Gasteiger charge is 2.30. The number of carbonyl (C=O) groups is 1. The molecule has 126 valence electrons. The van der Waals surface area contributed by atoms with Crippen LogP contribution in [-0.4, -0.2) is 31.2 Å². The van der Waals surface area contributed by atoms with Crippen molar-refractivity contribution in [2.24, 2.45) is 5.10 Å². The van der Waals surface area contributed by atoms with Crippen LogP contribution < -0.4 is 10.2 Å². The number of hydrogen-bond donors (Lipinski definition) is 1. The molecule has 0 fully saturated rings. The van der Waals surface area contributed by atoms with E-state index in [1.165, 1.54) is 12.1 Å². The molecule has 0 saturated carbocycles. The second-order valence-electron chi connectivity index (χ2n) is 5.06. The minimum atomic E-state index is -4.36. The lowest BCUT2D eigenvalue weighted by Gasteiger charge is -2.17. The van der Waals surface area contributed by atoms with Crippen LogP contribution in [0.15, 0.2) is 23.3 Å². The Morgan fingerprint density at radius 1 is 1.39 bits per heavy atom. The third-order valence-corrected chi connectivity index (χ3v) is 3.08. The number of carbonyl (C=O) groups excluding carboxylic acids is 1. The van der Waals surface area contributed by atoms with Crippen molar-refractivity contribution in [1.82, 2.24) is 5.43 Å². The number of alkyl halides is 3. The van der Waals surface area contributed by atoms with Crippen LogP contribution in [0.1, 0.15) is 30.9 Å². The Morgan fingerprint density at radius 2 is 2.17 bits per heavy atom. The molecule has 1 aliphatic rings.